The Balaban J connectivity index is 2.78. The minimum absolute atomic E-state index is 0.0697. The predicted molar refractivity (Wildman–Crippen MR) is 36.4 cm³/mol. The van der Waals surface area contributed by atoms with E-state index in [9.17, 15) is 0 Å². The second-order valence-corrected chi connectivity index (χ2v) is 2.45. The van der Waals surface area contributed by atoms with Crippen LogP contribution in [0.1, 0.15) is 31.4 Å². The van der Waals surface area contributed by atoms with E-state index in [2.05, 4.69) is 15.2 Å². The van der Waals surface area contributed by atoms with Gasteiger partial charge < -0.3 is 5.11 Å². The van der Waals surface area contributed by atoms with Gasteiger partial charge in [-0.2, -0.15) is 5.10 Å². The molecule has 0 saturated carbocycles. The van der Waals surface area contributed by atoms with E-state index in [1.165, 1.54) is 0 Å². The van der Waals surface area contributed by atoms with Crippen molar-refractivity contribution in [1.82, 2.24) is 15.2 Å². The summed E-state index contributed by atoms with van der Waals surface area (Å²) < 4.78 is 0. The molecule has 0 amide bonds. The lowest BCUT2D eigenvalue weighted by Crippen LogP contribution is -1.90. The molecule has 0 unspecified atom stereocenters. The Labute approximate surface area is 59.3 Å². The van der Waals surface area contributed by atoms with Gasteiger partial charge in [0.25, 0.3) is 0 Å². The van der Waals surface area contributed by atoms with E-state index in [0.717, 1.165) is 5.82 Å². The van der Waals surface area contributed by atoms with Crippen LogP contribution in [-0.4, -0.2) is 20.3 Å². The zero-order valence-electron chi connectivity index (χ0n) is 6.13. The van der Waals surface area contributed by atoms with E-state index in [0.29, 0.717) is 11.7 Å². The Bertz CT molecular complexity index is 207. The molecule has 0 aliphatic carbocycles. The van der Waals surface area contributed by atoms with Crippen LogP contribution in [0.15, 0.2) is 0 Å². The number of nitrogens with one attached hydrogen (secondary N) is 1. The summed E-state index contributed by atoms with van der Waals surface area (Å²) in [4.78, 5) is 4.01. The van der Waals surface area contributed by atoms with Crippen molar-refractivity contribution < 1.29 is 5.11 Å². The van der Waals surface area contributed by atoms with Crippen molar-refractivity contribution in [2.45, 2.75) is 26.4 Å². The summed E-state index contributed by atoms with van der Waals surface area (Å²) in [6.07, 6.45) is 0. The third-order valence-corrected chi connectivity index (χ3v) is 1.22. The molecule has 10 heavy (non-hydrogen) atoms. The molecule has 0 saturated heterocycles. The first-order valence-corrected chi connectivity index (χ1v) is 3.26. The van der Waals surface area contributed by atoms with Crippen molar-refractivity contribution in [2.75, 3.05) is 0 Å². The van der Waals surface area contributed by atoms with Crippen molar-refractivity contribution in [3.8, 4) is 0 Å². The average Bonchev–Trinajstić information content (AvgIpc) is 2.34. The number of aliphatic hydroxyl groups is 1. The lowest BCUT2D eigenvalue weighted by atomic mass is 10.2. The maximum Gasteiger partial charge on any atom is 0.153 e. The van der Waals surface area contributed by atoms with Crippen LogP contribution >= 0.6 is 0 Å². The smallest absolute Gasteiger partial charge is 0.153 e. The minimum Gasteiger partial charge on any atom is -0.388 e. The molecular weight excluding hydrogens is 130 g/mol. The number of aromatic nitrogens is 3. The SMILES string of the molecule is CC(C)c1n[nH]c(CO)n1. The van der Waals surface area contributed by atoms with Crippen molar-refractivity contribution in [1.29, 1.82) is 0 Å². The fourth-order valence-corrected chi connectivity index (χ4v) is 0.639. The quantitative estimate of drug-likeness (QED) is 0.627. The second-order valence-electron chi connectivity index (χ2n) is 2.45. The number of hydrogen-bond donors (Lipinski definition) is 2. The van der Waals surface area contributed by atoms with Gasteiger partial charge in [-0.1, -0.05) is 13.8 Å². The summed E-state index contributed by atoms with van der Waals surface area (Å²) in [6, 6.07) is 0. The highest BCUT2D eigenvalue weighted by molar-refractivity contribution is 4.93. The molecular formula is C6H11N3O. The Kier molecular flexibility index (Phi) is 2.01. The van der Waals surface area contributed by atoms with E-state index in [1.807, 2.05) is 13.8 Å². The molecule has 0 aromatic carbocycles. The monoisotopic (exact) mass is 141 g/mol. The highest BCUT2D eigenvalue weighted by atomic mass is 16.3. The molecule has 0 aliphatic heterocycles. The normalized spacial score (nSPS) is 10.8. The molecule has 1 aromatic heterocycles. The van der Waals surface area contributed by atoms with Crippen LogP contribution < -0.4 is 0 Å². The number of rotatable bonds is 2. The fourth-order valence-electron chi connectivity index (χ4n) is 0.639. The molecule has 0 bridgehead atoms. The second kappa shape index (κ2) is 2.79. The van der Waals surface area contributed by atoms with Crippen LogP contribution in [0, 0.1) is 0 Å². The molecule has 0 fully saturated rings. The van der Waals surface area contributed by atoms with Gasteiger partial charge in [0.05, 0.1) is 0 Å². The van der Waals surface area contributed by atoms with E-state index in [1.54, 1.807) is 0 Å². The Hall–Kier alpha value is -0.900. The summed E-state index contributed by atoms with van der Waals surface area (Å²) in [5.41, 5.74) is 0. The Morgan fingerprint density at radius 3 is 2.60 bits per heavy atom. The number of aliphatic hydroxyl groups excluding tert-OH is 1. The molecule has 0 aliphatic rings. The van der Waals surface area contributed by atoms with Crippen LogP contribution in [0.25, 0.3) is 0 Å². The zero-order valence-corrected chi connectivity index (χ0v) is 6.13. The highest BCUT2D eigenvalue weighted by Gasteiger charge is 2.04. The first-order valence-electron chi connectivity index (χ1n) is 3.26. The molecule has 0 atom stereocenters. The zero-order chi connectivity index (χ0) is 7.56. The molecule has 2 N–H and O–H groups in total. The summed E-state index contributed by atoms with van der Waals surface area (Å²) in [5.74, 6) is 1.60. The van der Waals surface area contributed by atoms with Gasteiger partial charge in [-0.25, -0.2) is 4.98 Å². The molecule has 4 heteroatoms. The molecule has 4 nitrogen and oxygen atoms in total. The highest BCUT2D eigenvalue weighted by Crippen LogP contribution is 2.06. The van der Waals surface area contributed by atoms with Gasteiger partial charge in [-0.3, -0.25) is 5.10 Å². The van der Waals surface area contributed by atoms with E-state index in [-0.39, 0.29) is 6.61 Å². The molecule has 1 heterocycles. The number of H-pyrrole nitrogens is 1. The van der Waals surface area contributed by atoms with Crippen molar-refractivity contribution >= 4 is 0 Å². The van der Waals surface area contributed by atoms with Crippen molar-refractivity contribution in [3.63, 3.8) is 0 Å². The third kappa shape index (κ3) is 1.33. The lowest BCUT2D eigenvalue weighted by Gasteiger charge is -1.92. The van der Waals surface area contributed by atoms with Gasteiger partial charge in [0, 0.05) is 5.92 Å². The van der Waals surface area contributed by atoms with E-state index < -0.39 is 0 Å². The largest absolute Gasteiger partial charge is 0.388 e. The average molecular weight is 141 g/mol. The molecule has 1 rings (SSSR count). The van der Waals surface area contributed by atoms with Crippen LogP contribution in [0.2, 0.25) is 0 Å². The minimum atomic E-state index is -0.0697. The van der Waals surface area contributed by atoms with Crippen LogP contribution in [-0.2, 0) is 6.61 Å². The maximum absolute atomic E-state index is 8.60. The summed E-state index contributed by atoms with van der Waals surface area (Å²) in [7, 11) is 0. The molecule has 1 aromatic rings. The van der Waals surface area contributed by atoms with Gasteiger partial charge in [-0.05, 0) is 0 Å². The summed E-state index contributed by atoms with van der Waals surface area (Å²) in [6.45, 7) is 3.94. The number of nitrogens with zero attached hydrogens (tertiary/aromatic N) is 2. The van der Waals surface area contributed by atoms with Gasteiger partial charge >= 0.3 is 0 Å². The van der Waals surface area contributed by atoms with Gasteiger partial charge in [-0.15, -0.1) is 0 Å². The topological polar surface area (TPSA) is 61.8 Å². The summed E-state index contributed by atoms with van der Waals surface area (Å²) in [5, 5.41) is 15.1. The molecule has 56 valence electrons. The summed E-state index contributed by atoms with van der Waals surface area (Å²) >= 11 is 0. The first kappa shape index (κ1) is 7.21. The molecule has 0 radical (unpaired) electrons. The van der Waals surface area contributed by atoms with E-state index in [4.69, 9.17) is 5.11 Å². The Morgan fingerprint density at radius 2 is 2.30 bits per heavy atom. The van der Waals surface area contributed by atoms with Crippen LogP contribution in [0.5, 0.6) is 0 Å². The molecule has 0 spiro atoms. The lowest BCUT2D eigenvalue weighted by molar-refractivity contribution is 0.271. The van der Waals surface area contributed by atoms with Crippen LogP contribution in [0.4, 0.5) is 0 Å². The number of aromatic amines is 1. The van der Waals surface area contributed by atoms with Gasteiger partial charge in [0.1, 0.15) is 12.4 Å². The van der Waals surface area contributed by atoms with Crippen LogP contribution in [0.3, 0.4) is 0 Å². The van der Waals surface area contributed by atoms with E-state index >= 15 is 0 Å². The Morgan fingerprint density at radius 1 is 1.60 bits per heavy atom. The van der Waals surface area contributed by atoms with Crippen molar-refractivity contribution in [3.05, 3.63) is 11.6 Å². The van der Waals surface area contributed by atoms with Crippen molar-refractivity contribution in [2.24, 2.45) is 0 Å². The predicted octanol–water partition coefficient (Wildman–Crippen LogP) is 0.420. The fraction of sp³-hybridized carbons (Fsp3) is 0.667. The standard InChI is InChI=1S/C6H11N3O/c1-4(2)6-7-5(3-10)8-9-6/h4,10H,3H2,1-2H3,(H,7,8,9). The van der Waals surface area contributed by atoms with Gasteiger partial charge in [0.2, 0.25) is 0 Å². The van der Waals surface area contributed by atoms with Gasteiger partial charge in [0.15, 0.2) is 5.82 Å². The maximum atomic E-state index is 8.60. The number of hydrogen-bond acceptors (Lipinski definition) is 3. The first-order chi connectivity index (χ1) is 4.74. The third-order valence-electron chi connectivity index (χ3n) is 1.22.